The molecule has 4 rings (SSSR count). The van der Waals surface area contributed by atoms with E-state index in [4.69, 9.17) is 4.74 Å². The Morgan fingerprint density at radius 3 is 2.21 bits per heavy atom. The molecule has 7 heteroatoms. The van der Waals surface area contributed by atoms with Gasteiger partial charge in [0.1, 0.15) is 11.4 Å². The zero-order valence-corrected chi connectivity index (χ0v) is 19.2. The number of carbonyl (C=O) groups excluding carboxylic acids is 3. The normalized spacial score (nSPS) is 13.3. The van der Waals surface area contributed by atoms with Crippen molar-refractivity contribution in [2.75, 3.05) is 24.4 Å². The summed E-state index contributed by atoms with van der Waals surface area (Å²) in [5.41, 5.74) is 3.31. The molecule has 0 aliphatic carbocycles. The van der Waals surface area contributed by atoms with Crippen LogP contribution in [0.25, 0.3) is 5.57 Å². The highest BCUT2D eigenvalue weighted by molar-refractivity contribution is 6.36. The predicted octanol–water partition coefficient (Wildman–Crippen LogP) is 4.07. The maximum Gasteiger partial charge on any atom is 0.278 e. The van der Waals surface area contributed by atoms with Crippen LogP contribution in [0.1, 0.15) is 18.1 Å². The number of nitrogens with zero attached hydrogens (tertiary/aromatic N) is 2. The number of anilines is 2. The molecule has 1 aliphatic heterocycles. The Balaban J connectivity index is 1.77. The zero-order valence-electron chi connectivity index (χ0n) is 19.2. The van der Waals surface area contributed by atoms with Crippen molar-refractivity contribution in [1.29, 1.82) is 0 Å². The van der Waals surface area contributed by atoms with Gasteiger partial charge in [0.15, 0.2) is 0 Å². The molecule has 0 bridgehead atoms. The molecule has 0 unspecified atom stereocenters. The highest BCUT2D eigenvalue weighted by Crippen LogP contribution is 2.35. The van der Waals surface area contributed by atoms with E-state index in [2.05, 4.69) is 5.32 Å². The number of amides is 3. The Morgan fingerprint density at radius 1 is 0.912 bits per heavy atom. The number of hydrogen-bond acceptors (Lipinski definition) is 5. The van der Waals surface area contributed by atoms with Gasteiger partial charge in [-0.2, -0.15) is 0 Å². The van der Waals surface area contributed by atoms with E-state index >= 15 is 0 Å². The fourth-order valence-corrected chi connectivity index (χ4v) is 3.99. The molecular weight excluding hydrogens is 430 g/mol. The predicted molar refractivity (Wildman–Crippen MR) is 131 cm³/mol. The van der Waals surface area contributed by atoms with Crippen LogP contribution in [0.15, 0.2) is 84.6 Å². The van der Waals surface area contributed by atoms with Crippen LogP contribution in [0.5, 0.6) is 5.75 Å². The molecule has 0 aromatic heterocycles. The Bertz CT molecular complexity index is 1270. The topological polar surface area (TPSA) is 79.0 Å². The molecule has 1 N–H and O–H groups in total. The van der Waals surface area contributed by atoms with Gasteiger partial charge >= 0.3 is 0 Å². The average molecular weight is 456 g/mol. The van der Waals surface area contributed by atoms with Gasteiger partial charge in [0.25, 0.3) is 11.8 Å². The van der Waals surface area contributed by atoms with Gasteiger partial charge in [0, 0.05) is 30.9 Å². The van der Waals surface area contributed by atoms with Crippen LogP contribution in [-0.4, -0.2) is 36.8 Å². The Kier molecular flexibility index (Phi) is 6.45. The van der Waals surface area contributed by atoms with Crippen LogP contribution < -0.4 is 15.0 Å². The lowest BCUT2D eigenvalue weighted by molar-refractivity contribution is -0.137. The van der Waals surface area contributed by atoms with Gasteiger partial charge in [-0.3, -0.25) is 19.3 Å². The van der Waals surface area contributed by atoms with Crippen molar-refractivity contribution in [3.63, 3.8) is 0 Å². The average Bonchev–Trinajstić information content (AvgIpc) is 3.09. The lowest BCUT2D eigenvalue weighted by Gasteiger charge is -2.22. The second-order valence-electron chi connectivity index (χ2n) is 7.89. The van der Waals surface area contributed by atoms with Crippen molar-refractivity contribution < 1.29 is 19.1 Å². The molecule has 7 nitrogen and oxygen atoms in total. The van der Waals surface area contributed by atoms with Crippen molar-refractivity contribution in [3.05, 3.63) is 95.7 Å². The number of likely N-dealkylation sites (N-methyl/N-ethyl adjacent to an activating group) is 1. The summed E-state index contributed by atoms with van der Waals surface area (Å²) in [5, 5.41) is 2.71. The van der Waals surface area contributed by atoms with Gasteiger partial charge in [-0.1, -0.05) is 48.5 Å². The molecule has 3 amide bonds. The summed E-state index contributed by atoms with van der Waals surface area (Å²) < 4.78 is 5.42. The van der Waals surface area contributed by atoms with Crippen molar-refractivity contribution in [1.82, 2.24) is 4.90 Å². The summed E-state index contributed by atoms with van der Waals surface area (Å²) in [6, 6.07) is 23.6. The number of imide groups is 1. The minimum atomic E-state index is -0.388. The van der Waals surface area contributed by atoms with Crippen molar-refractivity contribution in [3.8, 4) is 5.75 Å². The minimum absolute atomic E-state index is 0.0846. The number of hydrogen-bond donors (Lipinski definition) is 1. The number of ether oxygens (including phenoxy) is 1. The SMILES string of the molecule is COc1ccccc1CN1C(=O)C(c2ccc(NC(C)=O)cc2)=C(N(C)c2ccccc2)C1=O. The third-order valence-electron chi connectivity index (χ3n) is 5.64. The minimum Gasteiger partial charge on any atom is -0.496 e. The molecule has 0 saturated carbocycles. The summed E-state index contributed by atoms with van der Waals surface area (Å²) in [4.78, 5) is 41.6. The molecule has 1 heterocycles. The molecule has 1 aliphatic rings. The van der Waals surface area contributed by atoms with E-state index in [1.54, 1.807) is 49.4 Å². The fourth-order valence-electron chi connectivity index (χ4n) is 3.99. The van der Waals surface area contributed by atoms with E-state index in [0.717, 1.165) is 11.3 Å². The molecule has 3 aromatic carbocycles. The molecule has 0 fully saturated rings. The van der Waals surface area contributed by atoms with Crippen LogP contribution in [0.3, 0.4) is 0 Å². The van der Waals surface area contributed by atoms with Crippen LogP contribution in [0.2, 0.25) is 0 Å². The molecule has 0 spiro atoms. The standard InChI is InChI=1S/C27H25N3O4/c1-18(31)28-21-15-13-19(14-16-21)24-25(29(2)22-10-5-4-6-11-22)27(33)30(26(24)32)17-20-9-7-8-12-23(20)34-3/h4-16H,17H2,1-3H3,(H,28,31). The third-order valence-corrected chi connectivity index (χ3v) is 5.64. The number of methoxy groups -OCH3 is 1. The number of nitrogens with one attached hydrogen (secondary N) is 1. The molecule has 3 aromatic rings. The van der Waals surface area contributed by atoms with E-state index in [9.17, 15) is 14.4 Å². The second-order valence-corrected chi connectivity index (χ2v) is 7.89. The highest BCUT2D eigenvalue weighted by atomic mass is 16.5. The Morgan fingerprint density at radius 2 is 1.56 bits per heavy atom. The zero-order chi connectivity index (χ0) is 24.2. The number of rotatable bonds is 7. The van der Waals surface area contributed by atoms with Crippen molar-refractivity contribution in [2.45, 2.75) is 13.5 Å². The van der Waals surface area contributed by atoms with E-state index < -0.39 is 0 Å². The maximum absolute atomic E-state index is 13.6. The van der Waals surface area contributed by atoms with Gasteiger partial charge in [-0.15, -0.1) is 0 Å². The van der Waals surface area contributed by atoms with E-state index in [-0.39, 0.29) is 24.3 Å². The van der Waals surface area contributed by atoms with E-state index in [1.165, 1.54) is 11.8 Å². The monoisotopic (exact) mass is 455 g/mol. The summed E-state index contributed by atoms with van der Waals surface area (Å²) in [5.74, 6) is -0.357. The first-order valence-corrected chi connectivity index (χ1v) is 10.8. The second kappa shape index (κ2) is 9.62. The van der Waals surface area contributed by atoms with Gasteiger partial charge < -0.3 is 15.0 Å². The fraction of sp³-hybridized carbons (Fsp3) is 0.148. The summed E-state index contributed by atoms with van der Waals surface area (Å²) in [7, 11) is 3.33. The van der Waals surface area contributed by atoms with Crippen LogP contribution in [-0.2, 0) is 20.9 Å². The number of para-hydroxylation sites is 2. The maximum atomic E-state index is 13.6. The van der Waals surface area contributed by atoms with E-state index in [0.29, 0.717) is 28.3 Å². The molecule has 34 heavy (non-hydrogen) atoms. The van der Waals surface area contributed by atoms with Crippen molar-refractivity contribution >= 4 is 34.7 Å². The summed E-state index contributed by atoms with van der Waals surface area (Å²) in [6.07, 6.45) is 0. The van der Waals surface area contributed by atoms with Gasteiger partial charge in [-0.25, -0.2) is 0 Å². The molecule has 172 valence electrons. The van der Waals surface area contributed by atoms with Crippen LogP contribution >= 0.6 is 0 Å². The molecule has 0 radical (unpaired) electrons. The smallest absolute Gasteiger partial charge is 0.278 e. The number of benzene rings is 3. The first-order chi connectivity index (χ1) is 16.4. The van der Waals surface area contributed by atoms with Crippen LogP contribution in [0.4, 0.5) is 11.4 Å². The lowest BCUT2D eigenvalue weighted by Crippen LogP contribution is -2.33. The summed E-state index contributed by atoms with van der Waals surface area (Å²) >= 11 is 0. The molecule has 0 atom stereocenters. The Labute approximate surface area is 198 Å². The Hall–Kier alpha value is -4.39. The third kappa shape index (κ3) is 4.41. The van der Waals surface area contributed by atoms with E-state index in [1.807, 2.05) is 48.5 Å². The number of carbonyl (C=O) groups is 3. The largest absolute Gasteiger partial charge is 0.496 e. The molecular formula is C27H25N3O4. The highest BCUT2D eigenvalue weighted by Gasteiger charge is 2.41. The van der Waals surface area contributed by atoms with Gasteiger partial charge in [0.2, 0.25) is 5.91 Å². The van der Waals surface area contributed by atoms with Gasteiger partial charge in [0.05, 0.1) is 19.2 Å². The first-order valence-electron chi connectivity index (χ1n) is 10.8. The van der Waals surface area contributed by atoms with Gasteiger partial charge in [-0.05, 0) is 35.9 Å². The molecule has 0 saturated heterocycles. The van der Waals surface area contributed by atoms with Crippen LogP contribution in [0, 0.1) is 0 Å². The first kappa shape index (κ1) is 22.8. The quantitative estimate of drug-likeness (QED) is 0.544. The lowest BCUT2D eigenvalue weighted by atomic mass is 10.0. The van der Waals surface area contributed by atoms with Crippen molar-refractivity contribution in [2.24, 2.45) is 0 Å². The summed E-state index contributed by atoms with van der Waals surface area (Å²) in [6.45, 7) is 1.51.